The Balaban J connectivity index is 1.80. The van der Waals surface area contributed by atoms with Gasteiger partial charge in [-0.05, 0) is 46.6 Å². The number of carbonyl (C=O) groups is 1. The van der Waals surface area contributed by atoms with E-state index in [0.29, 0.717) is 18.1 Å². The summed E-state index contributed by atoms with van der Waals surface area (Å²) in [7, 11) is 1.71. The average molecular weight is 366 g/mol. The zero-order chi connectivity index (χ0) is 19.4. The van der Waals surface area contributed by atoms with Crippen molar-refractivity contribution in [3.63, 3.8) is 0 Å². The molecular weight excluding hydrogens is 334 g/mol. The van der Waals surface area contributed by atoms with E-state index in [4.69, 9.17) is 9.73 Å². The number of hydrogen-bond acceptors (Lipinski definition) is 3. The Morgan fingerprint density at radius 3 is 2.70 bits per heavy atom. The third-order valence-corrected chi connectivity index (χ3v) is 7.36. The molecular formula is C24H31NO2. The highest BCUT2D eigenvalue weighted by molar-refractivity contribution is 6.13. The predicted molar refractivity (Wildman–Crippen MR) is 110 cm³/mol. The summed E-state index contributed by atoms with van der Waals surface area (Å²) >= 11 is 0. The molecule has 1 saturated carbocycles. The summed E-state index contributed by atoms with van der Waals surface area (Å²) in [5.41, 5.74) is 4.10. The van der Waals surface area contributed by atoms with Crippen LogP contribution in [0.15, 0.2) is 34.8 Å². The third-order valence-electron chi connectivity index (χ3n) is 7.36. The fourth-order valence-electron chi connectivity index (χ4n) is 6.03. The topological polar surface area (TPSA) is 38.7 Å². The normalized spacial score (nSPS) is 35.7. The Hall–Kier alpha value is -1.90. The number of Topliss-reactive ketones (excluding diaryl/α,β-unsaturated/α-hetero) is 1. The second-order valence-electron chi connectivity index (χ2n) is 9.04. The van der Waals surface area contributed by atoms with Gasteiger partial charge in [0.25, 0.3) is 0 Å². The van der Waals surface area contributed by atoms with Crippen molar-refractivity contribution in [2.24, 2.45) is 16.3 Å². The fourth-order valence-corrected chi connectivity index (χ4v) is 6.03. The largest absolute Gasteiger partial charge is 0.496 e. The molecule has 1 aromatic rings. The molecule has 0 N–H and O–H groups in total. The van der Waals surface area contributed by atoms with Crippen molar-refractivity contribution in [1.29, 1.82) is 0 Å². The molecule has 3 nitrogen and oxygen atoms in total. The summed E-state index contributed by atoms with van der Waals surface area (Å²) in [6.07, 6.45) is 7.46. The van der Waals surface area contributed by atoms with Crippen molar-refractivity contribution in [2.75, 3.05) is 7.11 Å². The van der Waals surface area contributed by atoms with Gasteiger partial charge in [-0.25, -0.2) is 0 Å². The lowest BCUT2D eigenvalue weighted by molar-refractivity contribution is -0.127. The molecule has 0 radical (unpaired) electrons. The van der Waals surface area contributed by atoms with Crippen LogP contribution in [-0.4, -0.2) is 24.1 Å². The second-order valence-corrected chi connectivity index (χ2v) is 9.04. The van der Waals surface area contributed by atoms with Crippen molar-refractivity contribution >= 4 is 11.5 Å². The van der Waals surface area contributed by atoms with E-state index in [1.54, 1.807) is 7.11 Å². The molecule has 0 bridgehead atoms. The van der Waals surface area contributed by atoms with Crippen LogP contribution in [0.4, 0.5) is 0 Å². The van der Waals surface area contributed by atoms with Gasteiger partial charge in [-0.15, -0.1) is 0 Å². The van der Waals surface area contributed by atoms with Gasteiger partial charge < -0.3 is 4.74 Å². The van der Waals surface area contributed by atoms with E-state index in [1.165, 1.54) is 24.0 Å². The summed E-state index contributed by atoms with van der Waals surface area (Å²) in [6.45, 7) is 8.63. The number of fused-ring (bicyclic) bond motifs is 2. The first kappa shape index (κ1) is 18.5. The molecule has 0 aromatic heterocycles. The summed E-state index contributed by atoms with van der Waals surface area (Å²) in [5, 5.41) is 0. The molecule has 1 heterocycles. The smallest absolute Gasteiger partial charge is 0.149 e. The third kappa shape index (κ3) is 2.61. The number of allylic oxidation sites excluding steroid dienone is 2. The highest BCUT2D eigenvalue weighted by Crippen LogP contribution is 2.57. The van der Waals surface area contributed by atoms with Gasteiger partial charge in [0, 0.05) is 29.5 Å². The van der Waals surface area contributed by atoms with E-state index in [9.17, 15) is 4.79 Å². The number of hydrogen-bond donors (Lipinski definition) is 0. The second kappa shape index (κ2) is 6.32. The van der Waals surface area contributed by atoms with Crippen LogP contribution in [0, 0.1) is 18.3 Å². The van der Waals surface area contributed by atoms with Crippen LogP contribution < -0.4 is 4.74 Å². The van der Waals surface area contributed by atoms with E-state index >= 15 is 0 Å². The van der Waals surface area contributed by atoms with Crippen LogP contribution in [-0.2, 0) is 4.79 Å². The van der Waals surface area contributed by atoms with E-state index < -0.39 is 5.41 Å². The first-order chi connectivity index (χ1) is 12.8. The SMILES string of the molecule is COc1ccc(C)cc1C1CC(=O)C2(C=C1C)C(C)=NC1(C)CCCCC12. The maximum atomic E-state index is 13.7. The Morgan fingerprint density at radius 2 is 1.96 bits per heavy atom. The highest BCUT2D eigenvalue weighted by Gasteiger charge is 2.60. The molecule has 0 amide bonds. The van der Waals surface area contributed by atoms with E-state index in [2.05, 4.69) is 45.9 Å². The summed E-state index contributed by atoms with van der Waals surface area (Å²) in [6, 6.07) is 6.26. The molecule has 144 valence electrons. The molecule has 2 aliphatic carbocycles. The van der Waals surface area contributed by atoms with Crippen LogP contribution in [0.1, 0.15) is 69.9 Å². The van der Waals surface area contributed by atoms with Gasteiger partial charge in [0.2, 0.25) is 0 Å². The highest BCUT2D eigenvalue weighted by atomic mass is 16.5. The van der Waals surface area contributed by atoms with Gasteiger partial charge in [0.05, 0.1) is 18.1 Å². The van der Waals surface area contributed by atoms with Crippen molar-refractivity contribution in [2.45, 2.75) is 71.3 Å². The number of ketones is 1. The molecule has 4 rings (SSSR count). The van der Waals surface area contributed by atoms with Gasteiger partial charge >= 0.3 is 0 Å². The number of carbonyl (C=O) groups excluding carboxylic acids is 1. The Kier molecular flexibility index (Phi) is 4.32. The monoisotopic (exact) mass is 365 g/mol. The molecule has 4 unspecified atom stereocenters. The molecule has 27 heavy (non-hydrogen) atoms. The first-order valence-electron chi connectivity index (χ1n) is 10.3. The number of methoxy groups -OCH3 is 1. The van der Waals surface area contributed by atoms with Crippen molar-refractivity contribution < 1.29 is 9.53 Å². The Bertz CT molecular complexity index is 852. The Morgan fingerprint density at radius 1 is 1.19 bits per heavy atom. The van der Waals surface area contributed by atoms with Gasteiger partial charge in [0.15, 0.2) is 0 Å². The minimum atomic E-state index is -0.479. The van der Waals surface area contributed by atoms with E-state index in [1.807, 2.05) is 6.07 Å². The number of aliphatic imine (C=N–C) groups is 1. The predicted octanol–water partition coefficient (Wildman–Crippen LogP) is 5.42. The number of aryl methyl sites for hydroxylation is 1. The maximum absolute atomic E-state index is 13.7. The molecule has 1 aromatic carbocycles. The quantitative estimate of drug-likeness (QED) is 0.657. The number of ether oxygens (including phenoxy) is 1. The fraction of sp³-hybridized carbons (Fsp3) is 0.583. The molecule has 3 heteroatoms. The first-order valence-corrected chi connectivity index (χ1v) is 10.3. The van der Waals surface area contributed by atoms with Gasteiger partial charge in [-0.2, -0.15) is 0 Å². The lowest BCUT2D eigenvalue weighted by atomic mass is 9.56. The van der Waals surface area contributed by atoms with Crippen molar-refractivity contribution in [3.05, 3.63) is 41.0 Å². The van der Waals surface area contributed by atoms with Crippen LogP contribution in [0.2, 0.25) is 0 Å². The summed E-state index contributed by atoms with van der Waals surface area (Å²) < 4.78 is 5.61. The van der Waals surface area contributed by atoms with Crippen molar-refractivity contribution in [3.8, 4) is 5.75 Å². The summed E-state index contributed by atoms with van der Waals surface area (Å²) in [4.78, 5) is 18.7. The van der Waals surface area contributed by atoms with Crippen LogP contribution in [0.3, 0.4) is 0 Å². The number of rotatable bonds is 2. The summed E-state index contributed by atoms with van der Waals surface area (Å²) in [5.74, 6) is 1.64. The molecule has 1 aliphatic heterocycles. The van der Waals surface area contributed by atoms with Gasteiger partial charge in [-0.3, -0.25) is 9.79 Å². The van der Waals surface area contributed by atoms with E-state index in [-0.39, 0.29) is 11.5 Å². The minimum absolute atomic E-state index is 0.0668. The number of nitrogens with zero attached hydrogens (tertiary/aromatic N) is 1. The maximum Gasteiger partial charge on any atom is 0.149 e. The molecule has 1 fully saturated rings. The standard InChI is InChI=1S/C24H31NO2/c1-15-9-10-20(27-5)19(12-15)18-13-22(26)24(14-16(18)2)17(3)25-23(4)11-7-6-8-21(23)24/h9-10,12,14,18,21H,6-8,11,13H2,1-5H3. The van der Waals surface area contributed by atoms with Crippen LogP contribution in [0.25, 0.3) is 0 Å². The van der Waals surface area contributed by atoms with Crippen molar-refractivity contribution in [1.82, 2.24) is 0 Å². The van der Waals surface area contributed by atoms with Crippen LogP contribution >= 0.6 is 0 Å². The molecule has 0 saturated heterocycles. The van der Waals surface area contributed by atoms with Crippen LogP contribution in [0.5, 0.6) is 5.75 Å². The minimum Gasteiger partial charge on any atom is -0.496 e. The zero-order valence-corrected chi connectivity index (χ0v) is 17.3. The lowest BCUT2D eigenvalue weighted by Crippen LogP contribution is -2.49. The lowest BCUT2D eigenvalue weighted by Gasteiger charge is -2.44. The van der Waals surface area contributed by atoms with Gasteiger partial charge in [0.1, 0.15) is 11.5 Å². The molecule has 1 spiro atoms. The Labute approximate surface area is 162 Å². The molecule has 4 atom stereocenters. The molecule has 3 aliphatic rings. The number of benzene rings is 1. The van der Waals surface area contributed by atoms with E-state index in [0.717, 1.165) is 29.9 Å². The average Bonchev–Trinajstić information content (AvgIpc) is 2.85. The zero-order valence-electron chi connectivity index (χ0n) is 17.3. The van der Waals surface area contributed by atoms with Gasteiger partial charge in [-0.1, -0.05) is 42.2 Å².